The summed E-state index contributed by atoms with van der Waals surface area (Å²) in [5.41, 5.74) is -5.64. The number of amides is 1. The minimum atomic E-state index is -6.06. The Morgan fingerprint density at radius 3 is 2.25 bits per heavy atom. The number of anilines is 1. The van der Waals surface area contributed by atoms with Gasteiger partial charge in [-0.25, -0.2) is 4.21 Å². The SMILES string of the molecule is Cc1ccc(S(=O)N2c3ccc(C(O)(C(F)(F)F)C(F)(F)F)cc3CC[C@H]2CC(=O)NC2CS(=O)CC2O)cc1. The Morgan fingerprint density at radius 2 is 1.70 bits per heavy atom. The van der Waals surface area contributed by atoms with Gasteiger partial charge in [-0.15, -0.1) is 0 Å². The fourth-order valence-electron chi connectivity index (χ4n) is 4.83. The second kappa shape index (κ2) is 11.1. The van der Waals surface area contributed by atoms with Gasteiger partial charge in [0, 0.05) is 28.5 Å². The van der Waals surface area contributed by atoms with E-state index in [4.69, 9.17) is 0 Å². The van der Waals surface area contributed by atoms with E-state index in [1.54, 1.807) is 31.2 Å². The first kappa shape index (κ1) is 30.5. The molecule has 2 aromatic rings. The van der Waals surface area contributed by atoms with E-state index in [9.17, 15) is 49.8 Å². The van der Waals surface area contributed by atoms with Crippen molar-refractivity contribution in [1.29, 1.82) is 0 Å². The Kier molecular flexibility index (Phi) is 8.43. The lowest BCUT2D eigenvalue weighted by Crippen LogP contribution is -2.54. The molecule has 3 N–H and O–H groups in total. The van der Waals surface area contributed by atoms with Crippen LogP contribution in [0.25, 0.3) is 0 Å². The molecule has 4 rings (SSSR count). The normalized spacial score (nSPS) is 24.5. The summed E-state index contributed by atoms with van der Waals surface area (Å²) in [7, 11) is -3.32. The first-order chi connectivity index (χ1) is 18.5. The Labute approximate surface area is 230 Å². The van der Waals surface area contributed by atoms with Crippen LogP contribution in [0.15, 0.2) is 47.4 Å². The molecule has 0 bridgehead atoms. The predicted molar refractivity (Wildman–Crippen MR) is 135 cm³/mol. The van der Waals surface area contributed by atoms with Crippen LogP contribution in [-0.4, -0.2) is 66.6 Å². The first-order valence-corrected chi connectivity index (χ1v) is 14.7. The van der Waals surface area contributed by atoms with Crippen molar-refractivity contribution in [3.63, 3.8) is 0 Å². The standard InChI is InChI=1S/C25H26F6N2O5S2/c1-14-2-7-18(8-3-14)40(38)33-17(11-22(35)32-19-12-39(37)13-21(19)34)6-4-15-10-16(5-9-20(15)33)23(36,24(26,27)28)25(29,30)31/h2-3,5,7-10,17,19,21,34,36H,4,6,11-13H2,1H3,(H,32,35)/t17-,19?,21?,39?,40?/m0/s1. The van der Waals surface area contributed by atoms with Gasteiger partial charge in [0.1, 0.15) is 0 Å². The van der Waals surface area contributed by atoms with Crippen LogP contribution in [0.4, 0.5) is 32.0 Å². The Morgan fingerprint density at radius 1 is 1.07 bits per heavy atom. The molecule has 2 heterocycles. The molecule has 5 atom stereocenters. The molecule has 0 radical (unpaired) electrons. The highest BCUT2D eigenvalue weighted by Crippen LogP contribution is 2.51. The maximum atomic E-state index is 13.7. The lowest BCUT2D eigenvalue weighted by atomic mass is 9.87. The van der Waals surface area contributed by atoms with Crippen molar-refractivity contribution in [2.75, 3.05) is 15.8 Å². The highest BCUT2D eigenvalue weighted by atomic mass is 32.2. The van der Waals surface area contributed by atoms with Crippen molar-refractivity contribution in [3.8, 4) is 0 Å². The largest absolute Gasteiger partial charge is 0.430 e. The number of carbonyl (C=O) groups excluding carboxylic acids is 1. The number of aliphatic hydroxyl groups excluding tert-OH is 1. The lowest BCUT2D eigenvalue weighted by molar-refractivity contribution is -0.376. The summed E-state index contributed by atoms with van der Waals surface area (Å²) in [5, 5.41) is 22.5. The summed E-state index contributed by atoms with van der Waals surface area (Å²) in [6, 6.07) is 6.98. The van der Waals surface area contributed by atoms with Gasteiger partial charge in [0.25, 0.3) is 5.60 Å². The van der Waals surface area contributed by atoms with Gasteiger partial charge in [-0.05, 0) is 43.5 Å². The van der Waals surface area contributed by atoms with E-state index in [0.29, 0.717) is 12.1 Å². The topological polar surface area (TPSA) is 107 Å². The van der Waals surface area contributed by atoms with Crippen LogP contribution in [0.5, 0.6) is 0 Å². The average Bonchev–Trinajstić information content (AvgIpc) is 3.17. The molecule has 1 saturated heterocycles. The summed E-state index contributed by atoms with van der Waals surface area (Å²) < 4.78 is 108. The molecular weight excluding hydrogens is 586 g/mol. The van der Waals surface area contributed by atoms with Crippen molar-refractivity contribution in [3.05, 3.63) is 59.2 Å². The van der Waals surface area contributed by atoms with Gasteiger partial charge < -0.3 is 15.5 Å². The monoisotopic (exact) mass is 612 g/mol. The molecule has 2 aliphatic rings. The number of nitrogens with zero attached hydrogens (tertiary/aromatic N) is 1. The maximum Gasteiger partial charge on any atom is 0.430 e. The third-order valence-electron chi connectivity index (χ3n) is 6.99. The van der Waals surface area contributed by atoms with E-state index in [0.717, 1.165) is 11.6 Å². The van der Waals surface area contributed by atoms with E-state index >= 15 is 0 Å². The predicted octanol–water partition coefficient (Wildman–Crippen LogP) is 3.15. The summed E-state index contributed by atoms with van der Waals surface area (Å²) in [4.78, 5) is 13.1. The fourth-order valence-corrected chi connectivity index (χ4v) is 7.69. The zero-order valence-electron chi connectivity index (χ0n) is 21.0. The van der Waals surface area contributed by atoms with Gasteiger partial charge in [0.05, 0.1) is 34.5 Å². The van der Waals surface area contributed by atoms with Gasteiger partial charge in [-0.1, -0.05) is 29.8 Å². The Balaban J connectivity index is 1.71. The van der Waals surface area contributed by atoms with Crippen molar-refractivity contribution in [2.24, 2.45) is 0 Å². The van der Waals surface area contributed by atoms with Crippen LogP contribution in [0, 0.1) is 6.92 Å². The third-order valence-corrected chi connectivity index (χ3v) is 9.96. The number of hydrogen-bond acceptors (Lipinski definition) is 5. The second-order valence-corrected chi connectivity index (χ2v) is 12.8. The van der Waals surface area contributed by atoms with Crippen LogP contribution in [-0.2, 0) is 38.6 Å². The van der Waals surface area contributed by atoms with Gasteiger partial charge in [-0.3, -0.25) is 13.3 Å². The molecule has 15 heteroatoms. The molecule has 1 fully saturated rings. The zero-order chi connectivity index (χ0) is 29.6. The number of rotatable bonds is 6. The van der Waals surface area contributed by atoms with Crippen LogP contribution >= 0.6 is 0 Å². The third kappa shape index (κ3) is 5.78. The molecule has 2 aromatic carbocycles. The molecule has 2 aliphatic heterocycles. The van der Waals surface area contributed by atoms with Crippen molar-refractivity contribution < 1.29 is 49.8 Å². The number of nitrogens with one attached hydrogen (secondary N) is 1. The summed E-state index contributed by atoms with van der Waals surface area (Å²) >= 11 is 0. The number of benzene rings is 2. The summed E-state index contributed by atoms with van der Waals surface area (Å²) in [6.07, 6.45) is -13.4. The van der Waals surface area contributed by atoms with Gasteiger partial charge in [-0.2, -0.15) is 26.3 Å². The quantitative estimate of drug-likeness (QED) is 0.435. The van der Waals surface area contributed by atoms with Crippen molar-refractivity contribution >= 4 is 33.4 Å². The molecular formula is C25H26F6N2O5S2. The molecule has 0 spiro atoms. The highest BCUT2D eigenvalue weighted by Gasteiger charge is 2.71. The second-order valence-electron chi connectivity index (χ2n) is 9.85. The average molecular weight is 613 g/mol. The summed E-state index contributed by atoms with van der Waals surface area (Å²) in [6.45, 7) is 1.80. The van der Waals surface area contributed by atoms with E-state index < -0.39 is 69.4 Å². The molecule has 0 aromatic heterocycles. The van der Waals surface area contributed by atoms with Crippen LogP contribution < -0.4 is 9.62 Å². The molecule has 0 saturated carbocycles. The van der Waals surface area contributed by atoms with Crippen LogP contribution in [0.1, 0.15) is 29.5 Å². The minimum Gasteiger partial charge on any atom is -0.390 e. The highest BCUT2D eigenvalue weighted by molar-refractivity contribution is 7.86. The minimum absolute atomic E-state index is 0.00977. The number of hydrogen-bond donors (Lipinski definition) is 3. The molecule has 40 heavy (non-hydrogen) atoms. The number of halogens is 6. The van der Waals surface area contributed by atoms with E-state index in [1.165, 1.54) is 4.31 Å². The number of fused-ring (bicyclic) bond motifs is 1. The maximum absolute atomic E-state index is 13.7. The van der Waals surface area contributed by atoms with Crippen molar-refractivity contribution in [2.45, 2.75) is 67.2 Å². The number of carbonyl (C=O) groups is 1. The fraction of sp³-hybridized carbons (Fsp3) is 0.480. The smallest absolute Gasteiger partial charge is 0.390 e. The van der Waals surface area contributed by atoms with Crippen molar-refractivity contribution in [1.82, 2.24) is 5.32 Å². The molecule has 1 amide bonds. The van der Waals surface area contributed by atoms with Crippen LogP contribution in [0.2, 0.25) is 0 Å². The van der Waals surface area contributed by atoms with E-state index in [2.05, 4.69) is 5.32 Å². The molecule has 7 nitrogen and oxygen atoms in total. The molecule has 0 aliphatic carbocycles. The van der Waals surface area contributed by atoms with Gasteiger partial charge in [0.2, 0.25) is 5.91 Å². The Hall–Kier alpha value is -2.49. The molecule has 4 unspecified atom stereocenters. The van der Waals surface area contributed by atoms with Gasteiger partial charge in [0.15, 0.2) is 11.0 Å². The number of aliphatic hydroxyl groups is 2. The lowest BCUT2D eigenvalue weighted by Gasteiger charge is -2.39. The van der Waals surface area contributed by atoms with Gasteiger partial charge >= 0.3 is 12.4 Å². The van der Waals surface area contributed by atoms with Crippen LogP contribution in [0.3, 0.4) is 0 Å². The van der Waals surface area contributed by atoms with E-state index in [-0.39, 0.29) is 46.9 Å². The number of aryl methyl sites for hydroxylation is 2. The zero-order valence-corrected chi connectivity index (χ0v) is 22.6. The van der Waals surface area contributed by atoms with E-state index in [1.807, 2.05) is 0 Å². The number of alkyl halides is 6. The summed E-state index contributed by atoms with van der Waals surface area (Å²) in [5.74, 6) is -0.484. The molecule has 220 valence electrons. The first-order valence-electron chi connectivity index (χ1n) is 12.1. The Bertz CT molecular complexity index is 1300.